The molecule has 0 aliphatic rings. The summed E-state index contributed by atoms with van der Waals surface area (Å²) < 4.78 is 7.15. The number of para-hydroxylation sites is 1. The van der Waals surface area contributed by atoms with Crippen molar-refractivity contribution in [2.24, 2.45) is 7.05 Å². The Kier molecular flexibility index (Phi) is 3.23. The highest BCUT2D eigenvalue weighted by molar-refractivity contribution is 6.09. The van der Waals surface area contributed by atoms with E-state index in [4.69, 9.17) is 4.74 Å². The van der Waals surface area contributed by atoms with Crippen LogP contribution in [0.25, 0.3) is 0 Å². The van der Waals surface area contributed by atoms with Crippen LogP contribution in [0.4, 0.5) is 0 Å². The van der Waals surface area contributed by atoms with Crippen molar-refractivity contribution >= 4 is 5.78 Å². The van der Waals surface area contributed by atoms with Gasteiger partial charge in [-0.2, -0.15) is 0 Å². The molecule has 4 heteroatoms. The maximum atomic E-state index is 12.3. The molecule has 0 spiro atoms. The second-order valence-corrected chi connectivity index (χ2v) is 3.65. The molecular formula is C13H14N2O2. The van der Waals surface area contributed by atoms with Crippen LogP contribution in [0.5, 0.6) is 5.75 Å². The largest absolute Gasteiger partial charge is 0.493 e. The average molecular weight is 230 g/mol. The summed E-state index contributed by atoms with van der Waals surface area (Å²) in [5.41, 5.74) is 1.12. The van der Waals surface area contributed by atoms with E-state index in [2.05, 4.69) is 4.98 Å². The summed E-state index contributed by atoms with van der Waals surface area (Å²) in [6.07, 6.45) is 3.17. The van der Waals surface area contributed by atoms with Gasteiger partial charge in [-0.15, -0.1) is 0 Å². The van der Waals surface area contributed by atoms with Crippen molar-refractivity contribution in [3.63, 3.8) is 0 Å². The maximum absolute atomic E-state index is 12.3. The van der Waals surface area contributed by atoms with Crippen LogP contribution in [0.1, 0.15) is 23.0 Å². The predicted molar refractivity (Wildman–Crippen MR) is 64.3 cm³/mol. The molecule has 0 bridgehead atoms. The first-order valence-corrected chi connectivity index (χ1v) is 5.47. The molecule has 0 unspecified atom stereocenters. The van der Waals surface area contributed by atoms with E-state index in [0.29, 0.717) is 23.6 Å². The van der Waals surface area contributed by atoms with E-state index in [1.165, 1.54) is 0 Å². The third-order valence-electron chi connectivity index (χ3n) is 2.48. The first-order valence-electron chi connectivity index (χ1n) is 5.47. The number of hydrogen-bond acceptors (Lipinski definition) is 3. The fraction of sp³-hybridized carbons (Fsp3) is 0.231. The number of carbonyl (C=O) groups excluding carboxylic acids is 1. The van der Waals surface area contributed by atoms with Gasteiger partial charge in [0.2, 0.25) is 5.78 Å². The maximum Gasteiger partial charge on any atom is 0.214 e. The molecule has 1 aromatic heterocycles. The molecule has 4 nitrogen and oxygen atoms in total. The van der Waals surface area contributed by atoms with Crippen LogP contribution in [0.2, 0.25) is 0 Å². The number of aromatic nitrogens is 2. The molecule has 1 heterocycles. The number of hydrogen-bond donors (Lipinski definition) is 0. The van der Waals surface area contributed by atoms with E-state index in [1.807, 2.05) is 19.1 Å². The Balaban J connectivity index is 2.40. The number of rotatable bonds is 4. The lowest BCUT2D eigenvalue weighted by Crippen LogP contribution is -2.09. The Hall–Kier alpha value is -2.10. The van der Waals surface area contributed by atoms with Gasteiger partial charge in [-0.25, -0.2) is 4.98 Å². The second-order valence-electron chi connectivity index (χ2n) is 3.65. The van der Waals surface area contributed by atoms with E-state index >= 15 is 0 Å². The minimum absolute atomic E-state index is 0.0750. The SMILES string of the molecule is CCOc1ccccc1C(=O)c1cncn1C. The summed E-state index contributed by atoms with van der Waals surface area (Å²) in [7, 11) is 1.80. The molecule has 0 aliphatic carbocycles. The van der Waals surface area contributed by atoms with Crippen molar-refractivity contribution in [2.75, 3.05) is 6.61 Å². The highest BCUT2D eigenvalue weighted by Crippen LogP contribution is 2.21. The van der Waals surface area contributed by atoms with E-state index in [0.717, 1.165) is 0 Å². The van der Waals surface area contributed by atoms with Gasteiger partial charge in [-0.3, -0.25) is 4.79 Å². The molecule has 1 aromatic carbocycles. The molecule has 0 saturated carbocycles. The molecule has 0 aliphatic heterocycles. The summed E-state index contributed by atoms with van der Waals surface area (Å²) in [6, 6.07) is 7.24. The molecule has 0 saturated heterocycles. The summed E-state index contributed by atoms with van der Waals surface area (Å²) in [5, 5.41) is 0. The molecular weight excluding hydrogens is 216 g/mol. The van der Waals surface area contributed by atoms with Gasteiger partial charge >= 0.3 is 0 Å². The second kappa shape index (κ2) is 4.82. The number of imidazole rings is 1. The van der Waals surface area contributed by atoms with Gasteiger partial charge in [0.25, 0.3) is 0 Å². The zero-order valence-corrected chi connectivity index (χ0v) is 9.88. The summed E-state index contributed by atoms with van der Waals surface area (Å²) in [4.78, 5) is 16.2. The molecule has 0 atom stereocenters. The topological polar surface area (TPSA) is 44.1 Å². The van der Waals surface area contributed by atoms with Gasteiger partial charge in [0.05, 0.1) is 24.7 Å². The Morgan fingerprint density at radius 2 is 2.18 bits per heavy atom. The van der Waals surface area contributed by atoms with Crippen molar-refractivity contribution in [3.05, 3.63) is 48.0 Å². The Morgan fingerprint density at radius 1 is 1.41 bits per heavy atom. The first kappa shape index (κ1) is 11.4. The van der Waals surface area contributed by atoms with Crippen LogP contribution in [0, 0.1) is 0 Å². The summed E-state index contributed by atoms with van der Waals surface area (Å²) in [5.74, 6) is 0.537. The number of ether oxygens (including phenoxy) is 1. The monoisotopic (exact) mass is 230 g/mol. The number of ketones is 1. The lowest BCUT2D eigenvalue weighted by molar-refractivity contribution is 0.102. The normalized spacial score (nSPS) is 10.2. The Bertz CT molecular complexity index is 532. The third kappa shape index (κ3) is 2.20. The van der Waals surface area contributed by atoms with E-state index in [9.17, 15) is 4.79 Å². The first-order chi connectivity index (χ1) is 8.24. The van der Waals surface area contributed by atoms with Crippen LogP contribution >= 0.6 is 0 Å². The van der Waals surface area contributed by atoms with Crippen LogP contribution in [-0.2, 0) is 7.05 Å². The van der Waals surface area contributed by atoms with Gasteiger partial charge in [-0.05, 0) is 19.1 Å². The van der Waals surface area contributed by atoms with Crippen LogP contribution in [0.3, 0.4) is 0 Å². The summed E-state index contributed by atoms with van der Waals surface area (Å²) in [6.45, 7) is 2.43. The lowest BCUT2D eigenvalue weighted by atomic mass is 10.1. The zero-order chi connectivity index (χ0) is 12.3. The number of benzene rings is 1. The van der Waals surface area contributed by atoms with Gasteiger partial charge < -0.3 is 9.30 Å². The van der Waals surface area contributed by atoms with Gasteiger partial charge in [0.15, 0.2) is 0 Å². The highest BCUT2D eigenvalue weighted by Gasteiger charge is 2.16. The lowest BCUT2D eigenvalue weighted by Gasteiger charge is -2.08. The van der Waals surface area contributed by atoms with Crippen molar-refractivity contribution in [1.82, 2.24) is 9.55 Å². The number of aryl methyl sites for hydroxylation is 1. The molecule has 88 valence electrons. The van der Waals surface area contributed by atoms with E-state index in [1.54, 1.807) is 36.3 Å². The number of carbonyl (C=O) groups is 1. The smallest absolute Gasteiger partial charge is 0.214 e. The fourth-order valence-electron chi connectivity index (χ4n) is 1.65. The van der Waals surface area contributed by atoms with E-state index in [-0.39, 0.29) is 5.78 Å². The van der Waals surface area contributed by atoms with Crippen LogP contribution in [-0.4, -0.2) is 21.9 Å². The molecule has 0 fully saturated rings. The minimum Gasteiger partial charge on any atom is -0.493 e. The molecule has 0 amide bonds. The number of nitrogens with zero attached hydrogens (tertiary/aromatic N) is 2. The van der Waals surface area contributed by atoms with Crippen LogP contribution < -0.4 is 4.74 Å². The molecule has 2 aromatic rings. The third-order valence-corrected chi connectivity index (χ3v) is 2.48. The minimum atomic E-state index is -0.0750. The quantitative estimate of drug-likeness (QED) is 0.755. The fourth-order valence-corrected chi connectivity index (χ4v) is 1.65. The molecule has 0 N–H and O–H groups in total. The summed E-state index contributed by atoms with van der Waals surface area (Å²) >= 11 is 0. The average Bonchev–Trinajstić information content (AvgIpc) is 2.76. The van der Waals surface area contributed by atoms with Gasteiger partial charge in [-0.1, -0.05) is 12.1 Å². The van der Waals surface area contributed by atoms with E-state index < -0.39 is 0 Å². The van der Waals surface area contributed by atoms with Crippen LogP contribution in [0.15, 0.2) is 36.8 Å². The predicted octanol–water partition coefficient (Wildman–Crippen LogP) is 2.05. The van der Waals surface area contributed by atoms with Gasteiger partial charge in [0.1, 0.15) is 11.4 Å². The molecule has 2 rings (SSSR count). The standard InChI is InChI=1S/C13H14N2O2/c1-3-17-12-7-5-4-6-10(12)13(16)11-8-14-9-15(11)2/h4-9H,3H2,1-2H3. The Labute approximate surface area is 99.9 Å². The van der Waals surface area contributed by atoms with Crippen molar-refractivity contribution in [2.45, 2.75) is 6.92 Å². The molecule has 0 radical (unpaired) electrons. The van der Waals surface area contributed by atoms with Crippen molar-refractivity contribution < 1.29 is 9.53 Å². The molecule has 17 heavy (non-hydrogen) atoms. The van der Waals surface area contributed by atoms with Crippen molar-refractivity contribution in [3.8, 4) is 5.75 Å². The zero-order valence-electron chi connectivity index (χ0n) is 9.88. The van der Waals surface area contributed by atoms with Crippen molar-refractivity contribution in [1.29, 1.82) is 0 Å². The Morgan fingerprint density at radius 3 is 2.82 bits per heavy atom. The van der Waals surface area contributed by atoms with Gasteiger partial charge in [0, 0.05) is 7.05 Å². The highest BCUT2D eigenvalue weighted by atomic mass is 16.5.